The number of rotatable bonds is 3. The molecule has 22 heavy (non-hydrogen) atoms. The first kappa shape index (κ1) is 17.0. The number of hydrogen-bond acceptors (Lipinski definition) is 1. The van der Waals surface area contributed by atoms with E-state index in [0.717, 1.165) is 22.6 Å². The molecule has 3 aromatic rings. The molecule has 0 aliphatic rings. The van der Waals surface area contributed by atoms with Crippen molar-refractivity contribution < 1.29 is 17.0 Å². The third-order valence-electron chi connectivity index (χ3n) is 2.83. The van der Waals surface area contributed by atoms with E-state index in [0.29, 0.717) is 0 Å². The van der Waals surface area contributed by atoms with Crippen molar-refractivity contribution in [1.82, 2.24) is 4.98 Å². The first-order valence-corrected chi connectivity index (χ1v) is 10.9. The van der Waals surface area contributed by atoms with Gasteiger partial charge in [-0.15, -0.1) is 11.4 Å². The van der Waals surface area contributed by atoms with Gasteiger partial charge >= 0.3 is 35.6 Å². The first-order chi connectivity index (χ1) is 10.8. The van der Waals surface area contributed by atoms with E-state index in [1.165, 1.54) is 0 Å². The van der Waals surface area contributed by atoms with Gasteiger partial charge in [-0.3, -0.25) is 4.99 Å². The molecule has 0 radical (unpaired) electrons. The fraction of sp³-hybridized carbons (Fsp3) is 0. The number of aliphatic imine (C=N–C) groups is 1. The zero-order valence-corrected chi connectivity index (χ0v) is 14.7. The van der Waals surface area contributed by atoms with Gasteiger partial charge in [0.15, 0.2) is 0 Å². The van der Waals surface area contributed by atoms with Gasteiger partial charge in [-0.2, -0.15) is 0 Å². The van der Waals surface area contributed by atoms with E-state index in [-0.39, 0.29) is 0 Å². The SMILES string of the molecule is C(=Nc1ccccc1)c1ccc(-c2ccccc2)[n-]1.[Cl][Ti][Cl]. The third-order valence-corrected chi connectivity index (χ3v) is 2.83. The molecule has 5 heteroatoms. The summed E-state index contributed by atoms with van der Waals surface area (Å²) in [6.45, 7) is 0. The van der Waals surface area contributed by atoms with Crippen LogP contribution in [0.1, 0.15) is 5.69 Å². The molecule has 2 aromatic carbocycles. The molecular weight excluding hydrogens is 351 g/mol. The molecule has 0 unspecified atom stereocenters. The Kier molecular flexibility index (Phi) is 7.48. The molecule has 1 heterocycles. The van der Waals surface area contributed by atoms with Crippen molar-refractivity contribution in [1.29, 1.82) is 0 Å². The Morgan fingerprint density at radius 2 is 1.41 bits per heavy atom. The quantitative estimate of drug-likeness (QED) is 0.449. The molecule has 110 valence electrons. The number of benzene rings is 2. The van der Waals surface area contributed by atoms with Crippen molar-refractivity contribution in [3.8, 4) is 11.3 Å². The Hall–Kier alpha value is -1.32. The fourth-order valence-corrected chi connectivity index (χ4v) is 1.87. The van der Waals surface area contributed by atoms with Crippen molar-refractivity contribution in [2.45, 2.75) is 0 Å². The van der Waals surface area contributed by atoms with Crippen LogP contribution in [-0.2, 0) is 17.0 Å². The topological polar surface area (TPSA) is 26.5 Å². The third kappa shape index (κ3) is 5.47. The molecule has 0 N–H and O–H groups in total. The summed E-state index contributed by atoms with van der Waals surface area (Å²) in [4.78, 5) is 8.94. The maximum atomic E-state index is 4.89. The van der Waals surface area contributed by atoms with E-state index in [1.807, 2.05) is 60.7 Å². The van der Waals surface area contributed by atoms with Crippen molar-refractivity contribution in [3.63, 3.8) is 0 Å². The number of aromatic nitrogens is 1. The van der Waals surface area contributed by atoms with Crippen molar-refractivity contribution >= 4 is 30.5 Å². The van der Waals surface area contributed by atoms with Crippen LogP contribution >= 0.6 is 18.6 Å². The summed E-state index contributed by atoms with van der Waals surface area (Å²) >= 11 is -0.556. The summed E-state index contributed by atoms with van der Waals surface area (Å²) in [6, 6.07) is 24.0. The van der Waals surface area contributed by atoms with Crippen LogP contribution in [0.15, 0.2) is 77.8 Å². The van der Waals surface area contributed by atoms with Gasteiger partial charge in [0.05, 0.1) is 5.69 Å². The van der Waals surface area contributed by atoms with E-state index in [2.05, 4.69) is 22.1 Å². The van der Waals surface area contributed by atoms with Crippen molar-refractivity contribution in [2.75, 3.05) is 0 Å². The minimum absolute atomic E-state index is 0.556. The fourth-order valence-electron chi connectivity index (χ4n) is 1.87. The van der Waals surface area contributed by atoms with Gasteiger partial charge in [-0.25, -0.2) is 0 Å². The van der Waals surface area contributed by atoms with Crippen LogP contribution in [0.25, 0.3) is 11.3 Å². The summed E-state index contributed by atoms with van der Waals surface area (Å²) in [5.74, 6) is 0. The van der Waals surface area contributed by atoms with Gasteiger partial charge in [0.25, 0.3) is 0 Å². The molecule has 0 saturated heterocycles. The summed E-state index contributed by atoms with van der Waals surface area (Å²) < 4.78 is 0. The van der Waals surface area contributed by atoms with Crippen LogP contribution in [0.4, 0.5) is 5.69 Å². The molecule has 0 spiro atoms. The van der Waals surface area contributed by atoms with Crippen molar-refractivity contribution in [3.05, 3.63) is 78.5 Å². The molecule has 0 fully saturated rings. The molecule has 2 nitrogen and oxygen atoms in total. The van der Waals surface area contributed by atoms with Gasteiger partial charge in [0, 0.05) is 6.21 Å². The van der Waals surface area contributed by atoms with Crippen LogP contribution in [0.3, 0.4) is 0 Å². The summed E-state index contributed by atoms with van der Waals surface area (Å²) in [6.07, 6.45) is 1.79. The zero-order valence-electron chi connectivity index (χ0n) is 11.7. The van der Waals surface area contributed by atoms with Crippen LogP contribution < -0.4 is 4.98 Å². The Bertz CT molecular complexity index is 697. The Labute approximate surface area is 146 Å². The maximum absolute atomic E-state index is 4.89. The number of nitrogens with zero attached hydrogens (tertiary/aromatic N) is 2. The van der Waals surface area contributed by atoms with E-state index in [1.54, 1.807) is 6.21 Å². The summed E-state index contributed by atoms with van der Waals surface area (Å²) in [5, 5.41) is 0. The molecule has 0 bridgehead atoms. The Balaban J connectivity index is 0.000000545. The van der Waals surface area contributed by atoms with Crippen molar-refractivity contribution in [2.24, 2.45) is 4.99 Å². The van der Waals surface area contributed by atoms with Crippen LogP contribution in [0.2, 0.25) is 0 Å². The second-order valence-electron chi connectivity index (χ2n) is 4.29. The number of halogens is 2. The molecular formula is C17H13Cl2N2Ti-. The van der Waals surface area contributed by atoms with E-state index in [9.17, 15) is 0 Å². The van der Waals surface area contributed by atoms with E-state index >= 15 is 0 Å². The molecule has 1 aromatic heterocycles. The molecule has 0 atom stereocenters. The number of hydrogen-bond donors (Lipinski definition) is 0. The average Bonchev–Trinajstić information content (AvgIpc) is 3.05. The number of para-hydroxylation sites is 1. The van der Waals surface area contributed by atoms with Gasteiger partial charge in [-0.05, 0) is 17.7 Å². The second kappa shape index (κ2) is 9.65. The predicted molar refractivity (Wildman–Crippen MR) is 90.6 cm³/mol. The average molecular weight is 364 g/mol. The molecule has 0 amide bonds. The standard InChI is InChI=1S/C17H13N2.2ClH.Ti/c1-3-7-14(8-4-1)17-12-11-16(19-17)13-18-15-9-5-2-6-10-15;;;/h1-13H;2*1H;/q-1;;;+2/p-2. The van der Waals surface area contributed by atoms with Gasteiger partial charge in [0.2, 0.25) is 0 Å². The Morgan fingerprint density at radius 1 is 0.818 bits per heavy atom. The summed E-state index contributed by atoms with van der Waals surface area (Å²) in [7, 11) is 9.78. The van der Waals surface area contributed by atoms with E-state index < -0.39 is 17.0 Å². The van der Waals surface area contributed by atoms with Gasteiger partial charge in [-0.1, -0.05) is 60.7 Å². The normalized spacial score (nSPS) is 10.1. The minimum atomic E-state index is -0.556. The van der Waals surface area contributed by atoms with Crippen LogP contribution in [0.5, 0.6) is 0 Å². The predicted octanol–water partition coefficient (Wildman–Crippen LogP) is 5.44. The molecule has 3 rings (SSSR count). The summed E-state index contributed by atoms with van der Waals surface area (Å²) in [5.41, 5.74) is 3.92. The zero-order chi connectivity index (χ0) is 15.6. The molecule has 0 aliphatic heterocycles. The van der Waals surface area contributed by atoms with E-state index in [4.69, 9.17) is 18.6 Å². The first-order valence-electron chi connectivity index (χ1n) is 6.58. The molecule has 0 saturated carbocycles. The molecule has 0 aliphatic carbocycles. The van der Waals surface area contributed by atoms with Gasteiger partial charge in [0.1, 0.15) is 0 Å². The Morgan fingerprint density at radius 3 is 2.05 bits per heavy atom. The second-order valence-corrected chi connectivity index (χ2v) is 6.87. The van der Waals surface area contributed by atoms with Crippen LogP contribution in [-0.4, -0.2) is 6.21 Å². The van der Waals surface area contributed by atoms with Gasteiger partial charge < -0.3 is 4.98 Å². The van der Waals surface area contributed by atoms with Crippen LogP contribution in [0, 0.1) is 0 Å². The monoisotopic (exact) mass is 363 g/mol.